The molecule has 0 heterocycles. The lowest BCUT2D eigenvalue weighted by molar-refractivity contribution is 0.110. The third kappa shape index (κ3) is 36.0. The van der Waals surface area contributed by atoms with Gasteiger partial charge in [0.1, 0.15) is 54.3 Å². The smallest absolute Gasteiger partial charge is 0.119 e. The summed E-state index contributed by atoms with van der Waals surface area (Å²) >= 11 is 0. The molecule has 16 rings (SSSR count). The van der Waals surface area contributed by atoms with E-state index in [1.807, 2.05) is 165 Å². The van der Waals surface area contributed by atoms with Gasteiger partial charge in [0.2, 0.25) is 0 Å². The van der Waals surface area contributed by atoms with Crippen molar-refractivity contribution in [1.29, 1.82) is 0 Å². The van der Waals surface area contributed by atoms with Gasteiger partial charge in [-0.15, -0.1) is 0 Å². The lowest BCUT2D eigenvalue weighted by Crippen LogP contribution is -2.18. The molecule has 684 valence electrons. The van der Waals surface area contributed by atoms with Gasteiger partial charge in [-0.05, 0) is 256 Å². The number of fused-ring (bicyclic) bond motifs is 7. The fraction of sp³-hybridized carbons (Fsp3) is 0.271. The molecular formula is C118H134O13. The molecule has 16 aromatic rings. The van der Waals surface area contributed by atoms with Crippen molar-refractivity contribution in [2.75, 3.05) is 107 Å². The Labute approximate surface area is 779 Å². The SMILES string of the molecule is CCOCCOc1ccc(C(C)(C)c2ccc(OC)cc2)cc1.CCOCCOc1ccc(Cc2ccc(OC)cc2)cc1.CCOCCOc1ccccc1.CCOCc1ccc(-c2ccccc2)cc1.CCOCc1ccc2ccc3ccccc3c2c1.CCOCc1ccc2ccccc2c1.CCOCc1ccccc1.CCOc1ccc2c(ccc3ccccc32)c1. The number of rotatable bonds is 36. The van der Waals surface area contributed by atoms with Crippen molar-refractivity contribution in [2.45, 2.75) is 108 Å². The average Bonchev–Trinajstić information content (AvgIpc) is 0.794. The molecule has 0 aliphatic heterocycles. The van der Waals surface area contributed by atoms with E-state index in [1.54, 1.807) is 14.2 Å². The maximum Gasteiger partial charge on any atom is 0.119 e. The van der Waals surface area contributed by atoms with Crippen molar-refractivity contribution in [3.63, 3.8) is 0 Å². The van der Waals surface area contributed by atoms with E-state index in [0.717, 1.165) is 93.8 Å². The van der Waals surface area contributed by atoms with Crippen LogP contribution < -0.4 is 28.4 Å². The van der Waals surface area contributed by atoms with E-state index in [0.29, 0.717) is 66.1 Å². The molecule has 0 amide bonds. The summed E-state index contributed by atoms with van der Waals surface area (Å²) in [4.78, 5) is 0. The fourth-order valence-corrected chi connectivity index (χ4v) is 14.0. The minimum Gasteiger partial charge on any atom is -0.497 e. The molecule has 0 radical (unpaired) electrons. The fourth-order valence-electron chi connectivity index (χ4n) is 14.0. The molecule has 0 aliphatic rings. The standard InChI is InChI=1S/C20H26O3.C18H22O3.C17H16O.C16H14O.C15H16O.C13H14O.C10H14O2.C9H12O/c1-5-22-14-15-23-19-12-8-17(9-13-19)20(2,3)16-6-10-18(21-4)11-7-16;1-3-20-12-13-21-18-10-6-16(7-11-18)14-15-4-8-17(19-2)9-5-15;1-2-18-12-13-7-8-15-10-9-14-5-3-4-6-16(14)17(15)11-13;1-2-17-14-9-10-16-13(11-14)8-7-12-5-3-4-6-15(12)16;1-2-16-12-13-8-10-15(11-9-13)14-6-4-3-5-7-14;1-2-14-10-11-7-8-12-5-3-4-6-13(12)9-11;1-2-11-8-9-12-10-6-4-3-5-7-10;1-2-10-8-9-6-4-3-5-7-9/h6-13H,5,14-15H2,1-4H3;4-11H,3,12-14H2,1-2H3;3-11H,2,12H2,1H3;3-11H,2H2,1H3;3-11H,2,12H2,1H3;3-9H,2,10H2,1H3;3-7H,2,8-9H2,1H3;3-7H,2,8H2,1H3. The molecule has 0 aliphatic carbocycles. The summed E-state index contributed by atoms with van der Waals surface area (Å²) < 4.78 is 69.7. The normalized spacial score (nSPS) is 10.6. The van der Waals surface area contributed by atoms with Crippen molar-refractivity contribution in [1.82, 2.24) is 0 Å². The quantitative estimate of drug-likeness (QED) is 0.0274. The minimum absolute atomic E-state index is 0.0733. The summed E-state index contributed by atoms with van der Waals surface area (Å²) in [6.45, 7) is 33.0. The van der Waals surface area contributed by atoms with E-state index < -0.39 is 0 Å². The maximum absolute atomic E-state index is 5.67. The first-order valence-corrected chi connectivity index (χ1v) is 45.9. The van der Waals surface area contributed by atoms with Crippen LogP contribution in [0.1, 0.15) is 114 Å². The van der Waals surface area contributed by atoms with Gasteiger partial charge in [-0.2, -0.15) is 0 Å². The highest BCUT2D eigenvalue weighted by molar-refractivity contribution is 6.08. The zero-order valence-corrected chi connectivity index (χ0v) is 78.9. The zero-order valence-electron chi connectivity index (χ0n) is 78.9. The van der Waals surface area contributed by atoms with Gasteiger partial charge in [0.05, 0.1) is 67.1 Å². The van der Waals surface area contributed by atoms with Crippen LogP contribution in [0.3, 0.4) is 0 Å². The van der Waals surface area contributed by atoms with Crippen LogP contribution in [0.2, 0.25) is 0 Å². The molecule has 0 N–H and O–H groups in total. The van der Waals surface area contributed by atoms with Crippen molar-refractivity contribution in [3.05, 3.63) is 408 Å². The summed E-state index contributed by atoms with van der Waals surface area (Å²) in [6, 6.07) is 125. The van der Waals surface area contributed by atoms with Gasteiger partial charge in [0.25, 0.3) is 0 Å². The van der Waals surface area contributed by atoms with Gasteiger partial charge in [-0.3, -0.25) is 0 Å². The molecular weight excluding hydrogens is 1630 g/mol. The van der Waals surface area contributed by atoms with Crippen molar-refractivity contribution >= 4 is 53.9 Å². The monoisotopic (exact) mass is 1760 g/mol. The van der Waals surface area contributed by atoms with Crippen LogP contribution in [0.5, 0.6) is 34.5 Å². The second-order valence-corrected chi connectivity index (χ2v) is 30.7. The summed E-state index contributed by atoms with van der Waals surface area (Å²) in [5.41, 5.74) is 12.4. The molecule has 0 bridgehead atoms. The molecule has 0 unspecified atom stereocenters. The molecule has 0 aromatic heterocycles. The molecule has 0 atom stereocenters. The first-order valence-electron chi connectivity index (χ1n) is 45.9. The van der Waals surface area contributed by atoms with Crippen LogP contribution in [0.15, 0.2) is 364 Å². The molecule has 0 fully saturated rings. The lowest BCUT2D eigenvalue weighted by Gasteiger charge is -2.26. The number of benzene rings is 16. The van der Waals surface area contributed by atoms with E-state index in [-0.39, 0.29) is 5.41 Å². The largest absolute Gasteiger partial charge is 0.497 e. The molecule has 13 nitrogen and oxygen atoms in total. The van der Waals surface area contributed by atoms with E-state index >= 15 is 0 Å². The molecule has 13 heteroatoms. The van der Waals surface area contributed by atoms with Crippen LogP contribution in [0.25, 0.3) is 65.0 Å². The third-order valence-corrected chi connectivity index (χ3v) is 21.2. The zero-order chi connectivity index (χ0) is 92.6. The number of ether oxygens (including phenoxy) is 13. The van der Waals surface area contributed by atoms with E-state index in [2.05, 4.69) is 269 Å². The van der Waals surface area contributed by atoms with Crippen LogP contribution in [-0.4, -0.2) is 107 Å². The number of hydrogen-bond acceptors (Lipinski definition) is 13. The highest BCUT2D eigenvalue weighted by atomic mass is 16.5. The first kappa shape index (κ1) is 102. The summed E-state index contributed by atoms with van der Waals surface area (Å²) in [7, 11) is 3.36. The van der Waals surface area contributed by atoms with Crippen molar-refractivity contribution in [2.24, 2.45) is 0 Å². The van der Waals surface area contributed by atoms with Gasteiger partial charge in [-0.1, -0.05) is 293 Å². The Bertz CT molecular complexity index is 5760. The van der Waals surface area contributed by atoms with E-state index in [1.165, 1.54) is 109 Å². The van der Waals surface area contributed by atoms with Gasteiger partial charge < -0.3 is 61.6 Å². The molecule has 131 heavy (non-hydrogen) atoms. The second kappa shape index (κ2) is 59.5. The average molecular weight is 1760 g/mol. The maximum atomic E-state index is 5.67. The number of methoxy groups -OCH3 is 2. The Hall–Kier alpha value is -12.7. The van der Waals surface area contributed by atoms with Gasteiger partial charge in [0, 0.05) is 51.7 Å². The Balaban J connectivity index is 0.000000170. The van der Waals surface area contributed by atoms with Gasteiger partial charge >= 0.3 is 0 Å². The predicted octanol–water partition coefficient (Wildman–Crippen LogP) is 28.7. The molecule has 16 aromatic carbocycles. The molecule has 0 spiro atoms. The third-order valence-electron chi connectivity index (χ3n) is 21.2. The lowest BCUT2D eigenvalue weighted by atomic mass is 9.78. The highest BCUT2D eigenvalue weighted by Crippen LogP contribution is 2.35. The van der Waals surface area contributed by atoms with Crippen LogP contribution >= 0.6 is 0 Å². The Kier molecular flexibility index (Phi) is 46.4. The van der Waals surface area contributed by atoms with E-state index in [9.17, 15) is 0 Å². The summed E-state index contributed by atoms with van der Waals surface area (Å²) in [6.07, 6.45) is 0.906. The first-order chi connectivity index (χ1) is 64.3. The molecule has 0 saturated heterocycles. The Morgan fingerprint density at radius 3 is 0.992 bits per heavy atom. The van der Waals surface area contributed by atoms with Crippen LogP contribution in [-0.2, 0) is 71.4 Å². The highest BCUT2D eigenvalue weighted by Gasteiger charge is 2.23. The minimum atomic E-state index is -0.0733. The Morgan fingerprint density at radius 1 is 0.198 bits per heavy atom. The summed E-state index contributed by atoms with van der Waals surface area (Å²) in [5, 5.41) is 12.9. The number of hydrogen-bond donors (Lipinski definition) is 0. The van der Waals surface area contributed by atoms with Crippen molar-refractivity contribution < 1.29 is 61.6 Å². The Morgan fingerprint density at radius 2 is 0.519 bits per heavy atom. The molecule has 0 saturated carbocycles. The number of para-hydroxylation sites is 1. The predicted molar refractivity (Wildman–Crippen MR) is 544 cm³/mol. The topological polar surface area (TPSA) is 120 Å². The van der Waals surface area contributed by atoms with Gasteiger partial charge in [0.15, 0.2) is 0 Å². The van der Waals surface area contributed by atoms with Crippen molar-refractivity contribution in [3.8, 4) is 45.6 Å². The van der Waals surface area contributed by atoms with Gasteiger partial charge in [-0.25, -0.2) is 0 Å². The summed E-state index contributed by atoms with van der Waals surface area (Å²) in [5.74, 6) is 5.36. The second-order valence-electron chi connectivity index (χ2n) is 30.7. The van der Waals surface area contributed by atoms with Crippen LogP contribution in [0.4, 0.5) is 0 Å². The van der Waals surface area contributed by atoms with E-state index in [4.69, 9.17) is 61.6 Å². The van der Waals surface area contributed by atoms with Crippen LogP contribution in [0, 0.1) is 0 Å².